The average Bonchev–Trinajstić information content (AvgIpc) is 3.15. The Morgan fingerprint density at radius 3 is 2.61 bits per heavy atom. The predicted octanol–water partition coefficient (Wildman–Crippen LogP) is 4.95. The van der Waals surface area contributed by atoms with Crippen LogP contribution in [-0.4, -0.2) is 13.0 Å². The number of carbonyl (C=O) groups is 1. The molecule has 1 aromatic heterocycles. The van der Waals surface area contributed by atoms with Gasteiger partial charge in [-0.2, -0.15) is 5.26 Å². The third-order valence-electron chi connectivity index (χ3n) is 4.01. The van der Waals surface area contributed by atoms with Gasteiger partial charge in [-0.1, -0.05) is 6.07 Å². The Morgan fingerprint density at radius 1 is 1.18 bits per heavy atom. The topological polar surface area (TPSA) is 75.3 Å². The van der Waals surface area contributed by atoms with Crippen molar-refractivity contribution in [1.82, 2.24) is 0 Å². The fourth-order valence-electron chi connectivity index (χ4n) is 2.60. The summed E-state index contributed by atoms with van der Waals surface area (Å²) in [5.74, 6) is 0.413. The highest BCUT2D eigenvalue weighted by Crippen LogP contribution is 2.27. The van der Waals surface area contributed by atoms with Gasteiger partial charge in [0.25, 0.3) is 5.91 Å². The number of rotatable bonds is 5. The lowest BCUT2D eigenvalue weighted by molar-refractivity contribution is -0.112. The summed E-state index contributed by atoms with van der Waals surface area (Å²) >= 11 is 0. The normalized spacial score (nSPS) is 11.0. The lowest BCUT2D eigenvalue weighted by atomic mass is 10.1. The van der Waals surface area contributed by atoms with E-state index >= 15 is 0 Å². The Morgan fingerprint density at radius 2 is 1.93 bits per heavy atom. The van der Waals surface area contributed by atoms with Crippen LogP contribution in [0.5, 0.6) is 5.75 Å². The van der Waals surface area contributed by atoms with Gasteiger partial charge in [-0.15, -0.1) is 0 Å². The first-order valence-corrected chi connectivity index (χ1v) is 8.43. The lowest BCUT2D eigenvalue weighted by Crippen LogP contribution is -2.14. The summed E-state index contributed by atoms with van der Waals surface area (Å²) in [5, 5.41) is 12.1. The van der Waals surface area contributed by atoms with E-state index in [0.29, 0.717) is 28.5 Å². The van der Waals surface area contributed by atoms with Crippen molar-refractivity contribution in [3.8, 4) is 23.1 Å². The Hall–Kier alpha value is -3.85. The van der Waals surface area contributed by atoms with Crippen molar-refractivity contribution >= 4 is 17.7 Å². The van der Waals surface area contributed by atoms with Gasteiger partial charge in [0.05, 0.1) is 12.8 Å². The zero-order chi connectivity index (χ0) is 20.1. The number of nitrogens with zero attached hydrogens (tertiary/aromatic N) is 1. The largest absolute Gasteiger partial charge is 0.495 e. The lowest BCUT2D eigenvalue weighted by Gasteiger charge is -2.10. The Balaban J connectivity index is 1.82. The molecule has 28 heavy (non-hydrogen) atoms. The molecular formula is C22H17FN2O3. The first-order chi connectivity index (χ1) is 13.5. The molecule has 0 aliphatic heterocycles. The number of halogens is 1. The van der Waals surface area contributed by atoms with E-state index in [0.717, 1.165) is 5.56 Å². The van der Waals surface area contributed by atoms with Crippen LogP contribution in [0.1, 0.15) is 11.3 Å². The number of methoxy groups -OCH3 is 1. The molecule has 0 bridgehead atoms. The van der Waals surface area contributed by atoms with E-state index in [1.165, 1.54) is 25.3 Å². The van der Waals surface area contributed by atoms with Gasteiger partial charge in [-0.3, -0.25) is 4.79 Å². The van der Waals surface area contributed by atoms with Gasteiger partial charge in [-0.25, -0.2) is 4.39 Å². The number of hydrogen-bond donors (Lipinski definition) is 1. The van der Waals surface area contributed by atoms with Crippen molar-refractivity contribution in [2.75, 3.05) is 12.4 Å². The van der Waals surface area contributed by atoms with Crippen LogP contribution >= 0.6 is 0 Å². The molecule has 0 radical (unpaired) electrons. The zero-order valence-electron chi connectivity index (χ0n) is 15.3. The summed E-state index contributed by atoms with van der Waals surface area (Å²) in [6, 6.07) is 16.4. The molecule has 0 atom stereocenters. The molecule has 3 rings (SSSR count). The number of nitriles is 1. The molecular weight excluding hydrogens is 359 g/mol. The summed E-state index contributed by atoms with van der Waals surface area (Å²) < 4.78 is 23.9. The molecule has 140 valence electrons. The quantitative estimate of drug-likeness (QED) is 0.505. The second kappa shape index (κ2) is 8.23. The molecule has 1 amide bonds. The van der Waals surface area contributed by atoms with Crippen LogP contribution in [0.2, 0.25) is 0 Å². The number of aryl methyl sites for hydroxylation is 1. The van der Waals surface area contributed by atoms with Crippen molar-refractivity contribution in [2.45, 2.75) is 6.92 Å². The molecule has 1 heterocycles. The molecule has 0 saturated carbocycles. The minimum Gasteiger partial charge on any atom is -0.495 e. The third-order valence-corrected chi connectivity index (χ3v) is 4.01. The van der Waals surface area contributed by atoms with Gasteiger partial charge in [-0.05, 0) is 61.0 Å². The highest BCUT2D eigenvalue weighted by atomic mass is 19.1. The van der Waals surface area contributed by atoms with Crippen molar-refractivity contribution in [3.63, 3.8) is 0 Å². The van der Waals surface area contributed by atoms with Crippen molar-refractivity contribution < 1.29 is 18.3 Å². The number of ether oxygens (including phenoxy) is 1. The molecule has 0 saturated heterocycles. The predicted molar refractivity (Wildman–Crippen MR) is 104 cm³/mol. The van der Waals surface area contributed by atoms with E-state index in [2.05, 4.69) is 5.32 Å². The van der Waals surface area contributed by atoms with Crippen molar-refractivity contribution in [1.29, 1.82) is 5.26 Å². The Kier molecular flexibility index (Phi) is 5.56. The number of anilines is 1. The van der Waals surface area contributed by atoms with Gasteiger partial charge in [0.15, 0.2) is 0 Å². The van der Waals surface area contributed by atoms with Crippen LogP contribution in [0.4, 0.5) is 10.1 Å². The van der Waals surface area contributed by atoms with Crippen LogP contribution in [0, 0.1) is 24.1 Å². The summed E-state index contributed by atoms with van der Waals surface area (Å²) in [5.41, 5.74) is 1.98. The molecule has 2 aromatic carbocycles. The van der Waals surface area contributed by atoms with Crippen LogP contribution in [0.25, 0.3) is 17.4 Å². The van der Waals surface area contributed by atoms with Gasteiger partial charge in [0.1, 0.15) is 34.7 Å². The highest BCUT2D eigenvalue weighted by molar-refractivity contribution is 6.10. The van der Waals surface area contributed by atoms with Gasteiger partial charge in [0, 0.05) is 11.6 Å². The van der Waals surface area contributed by atoms with Gasteiger partial charge in [0.2, 0.25) is 0 Å². The van der Waals surface area contributed by atoms with Crippen molar-refractivity contribution in [3.05, 3.63) is 77.3 Å². The molecule has 0 aliphatic carbocycles. The first-order valence-electron chi connectivity index (χ1n) is 8.43. The maximum Gasteiger partial charge on any atom is 0.266 e. The number of carbonyl (C=O) groups excluding carboxylic acids is 1. The van der Waals surface area contributed by atoms with E-state index in [-0.39, 0.29) is 11.4 Å². The van der Waals surface area contributed by atoms with Gasteiger partial charge < -0.3 is 14.5 Å². The van der Waals surface area contributed by atoms with E-state index < -0.39 is 5.91 Å². The fraction of sp³-hybridized carbons (Fsp3) is 0.0909. The zero-order valence-corrected chi connectivity index (χ0v) is 15.3. The standard InChI is InChI=1S/C22H17FN2O3/c1-14-3-9-21(27-2)19(11-14)25-22(26)16(13-24)12-18-8-10-20(28-18)15-4-6-17(23)7-5-15/h3-12H,1-2H3,(H,25,26)/b16-12+. The fourth-order valence-corrected chi connectivity index (χ4v) is 2.60. The van der Waals surface area contributed by atoms with E-state index in [9.17, 15) is 14.4 Å². The summed E-state index contributed by atoms with van der Waals surface area (Å²) in [7, 11) is 1.50. The smallest absolute Gasteiger partial charge is 0.266 e. The molecule has 6 heteroatoms. The minimum absolute atomic E-state index is 0.122. The van der Waals surface area contributed by atoms with E-state index in [1.54, 1.807) is 36.4 Å². The van der Waals surface area contributed by atoms with E-state index in [4.69, 9.17) is 9.15 Å². The van der Waals surface area contributed by atoms with Crippen LogP contribution in [0.15, 0.2) is 64.6 Å². The molecule has 5 nitrogen and oxygen atoms in total. The minimum atomic E-state index is -0.578. The first kappa shape index (κ1) is 18.9. The highest BCUT2D eigenvalue weighted by Gasteiger charge is 2.14. The molecule has 3 aromatic rings. The average molecular weight is 376 g/mol. The number of benzene rings is 2. The SMILES string of the molecule is COc1ccc(C)cc1NC(=O)/C(C#N)=C/c1ccc(-c2ccc(F)cc2)o1. The van der Waals surface area contributed by atoms with Gasteiger partial charge >= 0.3 is 0 Å². The monoisotopic (exact) mass is 376 g/mol. The maximum atomic E-state index is 13.0. The number of furan rings is 1. The summed E-state index contributed by atoms with van der Waals surface area (Å²) in [4.78, 5) is 12.5. The van der Waals surface area contributed by atoms with Crippen LogP contribution < -0.4 is 10.1 Å². The third kappa shape index (κ3) is 4.27. The number of nitrogens with one attached hydrogen (secondary N) is 1. The van der Waals surface area contributed by atoms with E-state index in [1.807, 2.05) is 19.1 Å². The second-order valence-corrected chi connectivity index (χ2v) is 6.04. The maximum absolute atomic E-state index is 13.0. The molecule has 1 N–H and O–H groups in total. The Bertz CT molecular complexity index is 1080. The molecule has 0 fully saturated rings. The number of hydrogen-bond acceptors (Lipinski definition) is 4. The van der Waals surface area contributed by atoms with Crippen LogP contribution in [0.3, 0.4) is 0 Å². The summed E-state index contributed by atoms with van der Waals surface area (Å²) in [6.45, 7) is 1.88. The molecule has 0 spiro atoms. The van der Waals surface area contributed by atoms with Crippen molar-refractivity contribution in [2.24, 2.45) is 0 Å². The number of amides is 1. The second-order valence-electron chi connectivity index (χ2n) is 6.04. The Labute approximate surface area is 161 Å². The molecule has 0 unspecified atom stereocenters. The van der Waals surface area contributed by atoms with Crippen LogP contribution in [-0.2, 0) is 4.79 Å². The molecule has 0 aliphatic rings. The summed E-state index contributed by atoms with van der Waals surface area (Å²) in [6.07, 6.45) is 1.35.